The van der Waals surface area contributed by atoms with Crippen LogP contribution in [-0.4, -0.2) is 36.5 Å². The number of hydrogen-bond acceptors (Lipinski definition) is 4. The zero-order valence-electron chi connectivity index (χ0n) is 11.2. The van der Waals surface area contributed by atoms with Gasteiger partial charge in [0.1, 0.15) is 0 Å². The third kappa shape index (κ3) is 3.96. The van der Waals surface area contributed by atoms with E-state index in [2.05, 4.69) is 0 Å². The van der Waals surface area contributed by atoms with Crippen molar-refractivity contribution in [3.8, 4) is 0 Å². The van der Waals surface area contributed by atoms with Crippen LogP contribution in [0.25, 0.3) is 0 Å². The Morgan fingerprint density at radius 3 is 2.59 bits per heavy atom. The lowest BCUT2D eigenvalue weighted by Gasteiger charge is -2.21. The van der Waals surface area contributed by atoms with E-state index in [1.807, 2.05) is 20.8 Å². The number of rotatable bonds is 5. The number of esters is 1. The summed E-state index contributed by atoms with van der Waals surface area (Å²) in [6.45, 7) is 5.82. The van der Waals surface area contributed by atoms with Crippen LogP contribution in [0.15, 0.2) is 0 Å². The van der Waals surface area contributed by atoms with Gasteiger partial charge in [0, 0.05) is 0 Å². The van der Waals surface area contributed by atoms with Crippen molar-refractivity contribution >= 4 is 5.97 Å². The van der Waals surface area contributed by atoms with E-state index >= 15 is 0 Å². The second-order valence-corrected chi connectivity index (χ2v) is 5.23. The maximum atomic E-state index is 11.4. The monoisotopic (exact) mass is 244 g/mol. The summed E-state index contributed by atoms with van der Waals surface area (Å²) in [6, 6.07) is 0. The highest BCUT2D eigenvalue weighted by molar-refractivity contribution is 5.72. The van der Waals surface area contributed by atoms with Gasteiger partial charge in [-0.15, -0.1) is 0 Å². The van der Waals surface area contributed by atoms with E-state index in [9.17, 15) is 9.90 Å². The third-order valence-corrected chi connectivity index (χ3v) is 3.54. The normalized spacial score (nSPS) is 28.1. The lowest BCUT2D eigenvalue weighted by Crippen LogP contribution is -2.28. The quantitative estimate of drug-likeness (QED) is 0.749. The number of methoxy groups -OCH3 is 1. The predicted octanol–water partition coefficient (Wildman–Crippen LogP) is 1.75. The van der Waals surface area contributed by atoms with Gasteiger partial charge in [-0.3, -0.25) is 4.79 Å². The van der Waals surface area contributed by atoms with Crippen molar-refractivity contribution in [1.82, 2.24) is 0 Å². The van der Waals surface area contributed by atoms with Crippen molar-refractivity contribution in [3.05, 3.63) is 0 Å². The van der Waals surface area contributed by atoms with Crippen LogP contribution in [0.1, 0.15) is 40.0 Å². The molecule has 0 saturated carbocycles. The minimum absolute atomic E-state index is 0.0631. The first-order valence-corrected chi connectivity index (χ1v) is 6.37. The van der Waals surface area contributed by atoms with Gasteiger partial charge in [-0.25, -0.2) is 0 Å². The molecule has 0 aliphatic carbocycles. The topological polar surface area (TPSA) is 55.8 Å². The number of ether oxygens (including phenoxy) is 2. The van der Waals surface area contributed by atoms with Crippen molar-refractivity contribution in [2.75, 3.05) is 7.11 Å². The van der Waals surface area contributed by atoms with Gasteiger partial charge < -0.3 is 14.6 Å². The van der Waals surface area contributed by atoms with Crippen molar-refractivity contribution in [2.24, 2.45) is 11.8 Å². The van der Waals surface area contributed by atoms with Crippen LogP contribution in [0.5, 0.6) is 0 Å². The van der Waals surface area contributed by atoms with E-state index in [1.165, 1.54) is 7.11 Å². The zero-order valence-corrected chi connectivity index (χ0v) is 11.2. The van der Waals surface area contributed by atoms with E-state index in [0.717, 1.165) is 12.8 Å². The highest BCUT2D eigenvalue weighted by Crippen LogP contribution is 2.29. The minimum atomic E-state index is -0.327. The van der Waals surface area contributed by atoms with Crippen LogP contribution < -0.4 is 0 Å². The Morgan fingerprint density at radius 1 is 1.41 bits per heavy atom. The molecule has 1 N–H and O–H groups in total. The number of carbonyl (C=O) groups is 1. The van der Waals surface area contributed by atoms with Crippen molar-refractivity contribution < 1.29 is 19.4 Å². The molecular formula is C13H24O4. The highest BCUT2D eigenvalue weighted by Gasteiger charge is 2.34. The molecule has 0 spiro atoms. The summed E-state index contributed by atoms with van der Waals surface area (Å²) < 4.78 is 10.5. The van der Waals surface area contributed by atoms with Crippen LogP contribution >= 0.6 is 0 Å². The first-order chi connectivity index (χ1) is 7.95. The molecule has 4 nitrogen and oxygen atoms in total. The number of hydrogen-bond donors (Lipinski definition) is 1. The molecule has 0 bridgehead atoms. The first kappa shape index (κ1) is 14.5. The van der Waals surface area contributed by atoms with Gasteiger partial charge in [0.25, 0.3) is 0 Å². The molecule has 0 radical (unpaired) electrons. The van der Waals surface area contributed by atoms with Crippen molar-refractivity contribution in [3.63, 3.8) is 0 Å². The molecular weight excluding hydrogens is 220 g/mol. The molecule has 0 aromatic carbocycles. The Bertz CT molecular complexity index is 252. The number of aliphatic hydroxyl groups excluding tert-OH is 1. The Labute approximate surface area is 103 Å². The highest BCUT2D eigenvalue weighted by atomic mass is 16.5. The zero-order chi connectivity index (χ0) is 13.0. The predicted molar refractivity (Wildman–Crippen MR) is 64.5 cm³/mol. The smallest absolute Gasteiger partial charge is 0.311 e. The summed E-state index contributed by atoms with van der Waals surface area (Å²) in [5.74, 6) is -0.197. The SMILES string of the molecule is COC(=O)[C@H](C)[C@H]1CC[C@@H](C[C@H](O)C(C)C)O1. The van der Waals surface area contributed by atoms with Gasteiger partial charge in [-0.05, 0) is 32.1 Å². The van der Waals surface area contributed by atoms with Crippen LogP contribution in [0.4, 0.5) is 0 Å². The standard InChI is InChI=1S/C13H24O4/c1-8(2)11(14)7-10-5-6-12(17-10)9(3)13(15)16-4/h8-12,14H,5-7H2,1-4H3/t9-,10+,11+,12-/m1/s1. The van der Waals surface area contributed by atoms with Gasteiger partial charge >= 0.3 is 5.97 Å². The molecule has 0 amide bonds. The third-order valence-electron chi connectivity index (χ3n) is 3.54. The molecule has 0 aromatic rings. The molecule has 17 heavy (non-hydrogen) atoms. The van der Waals surface area contributed by atoms with E-state index in [-0.39, 0.29) is 36.1 Å². The van der Waals surface area contributed by atoms with Gasteiger partial charge in [0.2, 0.25) is 0 Å². The fraction of sp³-hybridized carbons (Fsp3) is 0.923. The molecule has 0 unspecified atom stereocenters. The summed E-state index contributed by atoms with van der Waals surface area (Å²) in [5.41, 5.74) is 0. The lowest BCUT2D eigenvalue weighted by atomic mass is 9.98. The Morgan fingerprint density at radius 2 is 2.06 bits per heavy atom. The molecule has 100 valence electrons. The number of aliphatic hydroxyl groups is 1. The summed E-state index contributed by atoms with van der Waals surface area (Å²) in [5, 5.41) is 9.80. The molecule has 1 heterocycles. The second kappa shape index (κ2) is 6.36. The maximum Gasteiger partial charge on any atom is 0.311 e. The second-order valence-electron chi connectivity index (χ2n) is 5.23. The fourth-order valence-corrected chi connectivity index (χ4v) is 2.15. The van der Waals surface area contributed by atoms with Gasteiger partial charge in [-0.2, -0.15) is 0 Å². The van der Waals surface area contributed by atoms with Gasteiger partial charge in [0.05, 0.1) is 31.3 Å². The average Bonchev–Trinajstić information content (AvgIpc) is 2.75. The summed E-state index contributed by atoms with van der Waals surface area (Å²) in [4.78, 5) is 11.4. The van der Waals surface area contributed by atoms with Crippen LogP contribution in [0, 0.1) is 11.8 Å². The molecule has 1 fully saturated rings. The van der Waals surface area contributed by atoms with Crippen LogP contribution in [0.2, 0.25) is 0 Å². The van der Waals surface area contributed by atoms with E-state index in [0.29, 0.717) is 6.42 Å². The summed E-state index contributed by atoms with van der Waals surface area (Å²) in [6.07, 6.45) is 2.12. The molecule has 4 atom stereocenters. The van der Waals surface area contributed by atoms with E-state index in [1.54, 1.807) is 0 Å². The molecule has 1 aliphatic heterocycles. The van der Waals surface area contributed by atoms with Crippen molar-refractivity contribution in [1.29, 1.82) is 0 Å². The Kier molecular flexibility index (Phi) is 5.40. The first-order valence-electron chi connectivity index (χ1n) is 6.37. The van der Waals surface area contributed by atoms with Gasteiger partial charge in [-0.1, -0.05) is 13.8 Å². The summed E-state index contributed by atoms with van der Waals surface area (Å²) in [7, 11) is 1.40. The summed E-state index contributed by atoms with van der Waals surface area (Å²) >= 11 is 0. The molecule has 0 aromatic heterocycles. The molecule has 4 heteroatoms. The average molecular weight is 244 g/mol. The van der Waals surface area contributed by atoms with Crippen molar-refractivity contribution in [2.45, 2.75) is 58.3 Å². The maximum absolute atomic E-state index is 11.4. The van der Waals surface area contributed by atoms with E-state index < -0.39 is 0 Å². The molecule has 1 saturated heterocycles. The Balaban J connectivity index is 2.39. The molecule has 1 rings (SSSR count). The largest absolute Gasteiger partial charge is 0.469 e. The minimum Gasteiger partial charge on any atom is -0.469 e. The Hall–Kier alpha value is -0.610. The number of carbonyl (C=O) groups excluding carboxylic acids is 1. The lowest BCUT2D eigenvalue weighted by molar-refractivity contribution is -0.150. The fourth-order valence-electron chi connectivity index (χ4n) is 2.15. The molecule has 1 aliphatic rings. The van der Waals surface area contributed by atoms with Crippen LogP contribution in [-0.2, 0) is 14.3 Å². The van der Waals surface area contributed by atoms with Crippen LogP contribution in [0.3, 0.4) is 0 Å². The van der Waals surface area contributed by atoms with Gasteiger partial charge in [0.15, 0.2) is 0 Å². The van der Waals surface area contributed by atoms with E-state index in [4.69, 9.17) is 9.47 Å².